The number of aliphatic hydroxyl groups is 1. The normalized spacial score (nSPS) is 60.1. The van der Waals surface area contributed by atoms with Crippen molar-refractivity contribution >= 4 is 0 Å². The minimum absolute atomic E-state index is 0.0354. The molecule has 32 heavy (non-hydrogen) atoms. The Hall–Kier alpha value is -0.0800. The first-order valence-electron chi connectivity index (χ1n) is 14.3. The van der Waals surface area contributed by atoms with Gasteiger partial charge in [-0.15, -0.1) is 0 Å². The van der Waals surface area contributed by atoms with Crippen molar-refractivity contribution < 1.29 is 9.84 Å². The maximum atomic E-state index is 10.4. The van der Waals surface area contributed by atoms with Crippen molar-refractivity contribution in [2.45, 2.75) is 124 Å². The molecule has 0 aromatic rings. The highest BCUT2D eigenvalue weighted by atomic mass is 16.6. The van der Waals surface area contributed by atoms with E-state index in [-0.39, 0.29) is 11.7 Å². The molecule has 0 unspecified atom stereocenters. The van der Waals surface area contributed by atoms with Gasteiger partial charge in [0.15, 0.2) is 0 Å². The summed E-state index contributed by atoms with van der Waals surface area (Å²) in [4.78, 5) is 0. The molecule has 5 saturated carbocycles. The molecule has 6 fully saturated rings. The van der Waals surface area contributed by atoms with Gasteiger partial charge in [-0.3, -0.25) is 0 Å². The molecule has 6 aliphatic rings. The number of fused-ring (bicyclic) bond motifs is 4. The van der Waals surface area contributed by atoms with Gasteiger partial charge in [-0.05, 0) is 110 Å². The number of ether oxygens (including phenoxy) is 1. The van der Waals surface area contributed by atoms with Crippen LogP contribution < -0.4 is 0 Å². The summed E-state index contributed by atoms with van der Waals surface area (Å²) in [6.07, 6.45) is 12.0. The van der Waals surface area contributed by atoms with Crippen LogP contribution in [0.1, 0.15) is 106 Å². The number of rotatable bonds is 4. The SMILES string of the molecule is CC(C)[C@@H](C)[C@@]1(C)C[C@@H]1[C@@H](C)[C@H]1CC[C@H]2[C@@H]3C[C@H]4O[C@]45C[C@@H](O)CC[C@]5(C)[C@H]3CC[C@]12C. The maximum Gasteiger partial charge on any atom is 0.103 e. The molecular formula is C30H50O2. The number of hydrogen-bond acceptors (Lipinski definition) is 2. The fourth-order valence-electron chi connectivity index (χ4n) is 11.3. The molecule has 0 bridgehead atoms. The van der Waals surface area contributed by atoms with Gasteiger partial charge in [0.05, 0.1) is 12.2 Å². The summed E-state index contributed by atoms with van der Waals surface area (Å²) < 4.78 is 6.55. The first-order valence-corrected chi connectivity index (χ1v) is 14.3. The molecule has 2 nitrogen and oxygen atoms in total. The largest absolute Gasteiger partial charge is 0.393 e. The second-order valence-electron chi connectivity index (χ2n) is 14.9. The van der Waals surface area contributed by atoms with Crippen molar-refractivity contribution in [2.24, 2.45) is 63.6 Å². The minimum atomic E-state index is -0.128. The average Bonchev–Trinajstić information content (AvgIpc) is 3.58. The first kappa shape index (κ1) is 22.4. The van der Waals surface area contributed by atoms with Crippen LogP contribution in [-0.4, -0.2) is 22.9 Å². The Kier molecular flexibility index (Phi) is 4.74. The maximum absolute atomic E-state index is 10.4. The molecule has 0 radical (unpaired) electrons. The number of hydrogen-bond donors (Lipinski definition) is 1. The van der Waals surface area contributed by atoms with Gasteiger partial charge in [0.2, 0.25) is 0 Å². The van der Waals surface area contributed by atoms with Crippen molar-refractivity contribution in [1.82, 2.24) is 0 Å². The summed E-state index contributed by atoms with van der Waals surface area (Å²) in [5.74, 6) is 7.00. The van der Waals surface area contributed by atoms with Gasteiger partial charge >= 0.3 is 0 Å². The monoisotopic (exact) mass is 442 g/mol. The summed E-state index contributed by atoms with van der Waals surface area (Å²) >= 11 is 0. The van der Waals surface area contributed by atoms with Gasteiger partial charge in [-0.1, -0.05) is 48.5 Å². The Morgan fingerprint density at radius 2 is 1.59 bits per heavy atom. The van der Waals surface area contributed by atoms with E-state index in [9.17, 15) is 5.11 Å². The molecule has 1 saturated heterocycles. The smallest absolute Gasteiger partial charge is 0.103 e. The quantitative estimate of drug-likeness (QED) is 0.471. The molecule has 0 amide bonds. The van der Waals surface area contributed by atoms with E-state index in [0.29, 0.717) is 22.3 Å². The topological polar surface area (TPSA) is 32.8 Å². The molecule has 5 aliphatic carbocycles. The number of epoxide rings is 1. The van der Waals surface area contributed by atoms with E-state index in [0.717, 1.165) is 60.2 Å². The van der Waals surface area contributed by atoms with Crippen LogP contribution in [-0.2, 0) is 4.74 Å². The predicted octanol–water partition coefficient (Wildman–Crippen LogP) is 7.09. The Morgan fingerprint density at radius 3 is 2.31 bits per heavy atom. The van der Waals surface area contributed by atoms with E-state index < -0.39 is 0 Å². The Morgan fingerprint density at radius 1 is 0.844 bits per heavy atom. The second kappa shape index (κ2) is 6.77. The predicted molar refractivity (Wildman–Crippen MR) is 130 cm³/mol. The van der Waals surface area contributed by atoms with E-state index in [1.54, 1.807) is 0 Å². The molecule has 182 valence electrons. The van der Waals surface area contributed by atoms with Gasteiger partial charge in [0.1, 0.15) is 5.60 Å². The van der Waals surface area contributed by atoms with E-state index in [1.807, 2.05) is 0 Å². The third-order valence-corrected chi connectivity index (χ3v) is 13.8. The molecule has 1 aliphatic heterocycles. The molecule has 1 N–H and O–H groups in total. The van der Waals surface area contributed by atoms with Gasteiger partial charge in [-0.25, -0.2) is 0 Å². The van der Waals surface area contributed by atoms with Crippen LogP contribution in [0, 0.1) is 63.6 Å². The van der Waals surface area contributed by atoms with Crippen LogP contribution in [0.5, 0.6) is 0 Å². The van der Waals surface area contributed by atoms with Crippen molar-refractivity contribution in [3.63, 3.8) is 0 Å². The van der Waals surface area contributed by atoms with E-state index in [4.69, 9.17) is 4.74 Å². The molecule has 1 heterocycles. The van der Waals surface area contributed by atoms with Crippen molar-refractivity contribution in [3.05, 3.63) is 0 Å². The molecule has 6 rings (SSSR count). The van der Waals surface area contributed by atoms with Crippen LogP contribution in [0.4, 0.5) is 0 Å². The zero-order valence-electron chi connectivity index (χ0n) is 22.0. The summed E-state index contributed by atoms with van der Waals surface area (Å²) in [6.45, 7) is 17.9. The third kappa shape index (κ3) is 2.66. The van der Waals surface area contributed by atoms with E-state index in [1.165, 1.54) is 44.9 Å². The lowest BCUT2D eigenvalue weighted by Gasteiger charge is -2.59. The van der Waals surface area contributed by atoms with Crippen LogP contribution in [0.2, 0.25) is 0 Å². The molecule has 13 atom stereocenters. The molecule has 1 spiro atoms. The van der Waals surface area contributed by atoms with Crippen molar-refractivity contribution in [2.75, 3.05) is 0 Å². The Labute approximate surface area is 197 Å². The van der Waals surface area contributed by atoms with Gasteiger partial charge < -0.3 is 9.84 Å². The first-order chi connectivity index (χ1) is 15.0. The van der Waals surface area contributed by atoms with E-state index >= 15 is 0 Å². The summed E-state index contributed by atoms with van der Waals surface area (Å²) in [6, 6.07) is 0. The summed E-state index contributed by atoms with van der Waals surface area (Å²) in [7, 11) is 0. The van der Waals surface area contributed by atoms with Gasteiger partial charge in [0.25, 0.3) is 0 Å². The van der Waals surface area contributed by atoms with Crippen LogP contribution in [0.15, 0.2) is 0 Å². The molecule has 2 heteroatoms. The highest BCUT2D eigenvalue weighted by molar-refractivity contribution is 5.24. The van der Waals surface area contributed by atoms with Crippen molar-refractivity contribution in [1.29, 1.82) is 0 Å². The lowest BCUT2D eigenvalue weighted by atomic mass is 9.44. The lowest BCUT2D eigenvalue weighted by molar-refractivity contribution is -0.117. The molecule has 0 aromatic heterocycles. The Bertz CT molecular complexity index is 777. The number of aliphatic hydroxyl groups excluding tert-OH is 1. The third-order valence-electron chi connectivity index (χ3n) is 13.8. The molecular weight excluding hydrogens is 392 g/mol. The molecule has 0 aromatic carbocycles. The van der Waals surface area contributed by atoms with Gasteiger partial charge in [0, 0.05) is 11.8 Å². The van der Waals surface area contributed by atoms with Crippen LogP contribution >= 0.6 is 0 Å². The minimum Gasteiger partial charge on any atom is -0.393 e. The standard InChI is InChI=1S/C30H50O2/c1-17(2)19(4)28(6)16-25(28)18(3)22-8-9-23-21-14-26-30(32-26)15-20(31)10-13-29(30,7)24(21)11-12-27(22,23)5/h17-26,31H,8-16H2,1-7H3/t18-,19+,20-,21-,22+,23-,24-,25+,26+,27+,28+,29+,30+/m0/s1. The van der Waals surface area contributed by atoms with Crippen molar-refractivity contribution in [3.8, 4) is 0 Å². The fraction of sp³-hybridized carbons (Fsp3) is 1.00. The second-order valence-corrected chi connectivity index (χ2v) is 14.9. The Balaban J connectivity index is 1.23. The van der Waals surface area contributed by atoms with Gasteiger partial charge in [-0.2, -0.15) is 0 Å². The highest BCUT2D eigenvalue weighted by Gasteiger charge is 2.76. The average molecular weight is 443 g/mol. The fourth-order valence-corrected chi connectivity index (χ4v) is 11.3. The van der Waals surface area contributed by atoms with Crippen LogP contribution in [0.3, 0.4) is 0 Å². The zero-order valence-corrected chi connectivity index (χ0v) is 22.0. The summed E-state index contributed by atoms with van der Waals surface area (Å²) in [5.41, 5.74) is 1.48. The van der Waals surface area contributed by atoms with Crippen LogP contribution in [0.25, 0.3) is 0 Å². The summed E-state index contributed by atoms with van der Waals surface area (Å²) in [5, 5.41) is 10.4. The highest BCUT2D eigenvalue weighted by Crippen LogP contribution is 2.75. The zero-order chi connectivity index (χ0) is 22.8. The lowest BCUT2D eigenvalue weighted by Crippen LogP contribution is -2.58. The van der Waals surface area contributed by atoms with E-state index in [2.05, 4.69) is 48.5 Å².